The number of Topliss-reactive ketones (excluding diaryl/α,β-unsaturated/α-hetero) is 1. The molecule has 2 aromatic rings. The number of carbonyl (C=O) groups excluding carboxylic acids is 2. The van der Waals surface area contributed by atoms with E-state index in [2.05, 4.69) is 34.7 Å². The molecule has 1 aromatic heterocycles. The van der Waals surface area contributed by atoms with E-state index in [4.69, 9.17) is 0 Å². The maximum absolute atomic E-state index is 13.3. The summed E-state index contributed by atoms with van der Waals surface area (Å²) in [6.45, 7) is 4.02. The van der Waals surface area contributed by atoms with Crippen molar-refractivity contribution in [1.29, 1.82) is 0 Å². The van der Waals surface area contributed by atoms with Crippen molar-refractivity contribution in [3.8, 4) is 0 Å². The zero-order valence-electron chi connectivity index (χ0n) is 16.8. The van der Waals surface area contributed by atoms with E-state index >= 15 is 0 Å². The van der Waals surface area contributed by atoms with Crippen LogP contribution in [0.2, 0.25) is 0 Å². The largest absolute Gasteiger partial charge is 0.362 e. The minimum absolute atomic E-state index is 0.127. The summed E-state index contributed by atoms with van der Waals surface area (Å²) >= 11 is 0. The van der Waals surface area contributed by atoms with E-state index < -0.39 is 0 Å². The first-order valence-corrected chi connectivity index (χ1v) is 10.1. The minimum atomic E-state index is -0.360. The Balaban J connectivity index is 1.78. The summed E-state index contributed by atoms with van der Waals surface area (Å²) in [5.74, 6) is -0.443. The lowest BCUT2D eigenvalue weighted by molar-refractivity contribution is -0.116. The van der Waals surface area contributed by atoms with Crippen molar-refractivity contribution < 1.29 is 9.59 Å². The van der Waals surface area contributed by atoms with E-state index in [9.17, 15) is 9.59 Å². The van der Waals surface area contributed by atoms with Crippen molar-refractivity contribution in [3.63, 3.8) is 0 Å². The Morgan fingerprint density at radius 3 is 2.69 bits per heavy atom. The van der Waals surface area contributed by atoms with Gasteiger partial charge in [-0.3, -0.25) is 14.6 Å². The number of aromatic nitrogens is 1. The van der Waals surface area contributed by atoms with Gasteiger partial charge in [-0.15, -0.1) is 0 Å². The molecule has 0 bridgehead atoms. The quantitative estimate of drug-likeness (QED) is 0.823. The first-order valence-electron chi connectivity index (χ1n) is 10.1. The topological polar surface area (TPSA) is 71.1 Å². The molecule has 2 heterocycles. The van der Waals surface area contributed by atoms with Gasteiger partial charge in [0.05, 0.1) is 11.9 Å². The zero-order chi connectivity index (χ0) is 20.4. The first-order chi connectivity index (χ1) is 14.1. The standard InChI is InChI=1S/C24H25N3O2/c1-3-16-9-11-17(12-10-16)22-21(24(29)27-18-6-5-13-25-14-18)15(2)26-19-7-4-8-20(28)23(19)22/h5-6,9-14,22,26H,3-4,7-8H2,1-2H3,(H,27,29)/t22-/m1/s1. The number of allylic oxidation sites excluding steroid dienone is 3. The van der Waals surface area contributed by atoms with Gasteiger partial charge in [0.25, 0.3) is 5.91 Å². The smallest absolute Gasteiger partial charge is 0.254 e. The van der Waals surface area contributed by atoms with Crippen LogP contribution in [0.1, 0.15) is 50.2 Å². The van der Waals surface area contributed by atoms with Gasteiger partial charge in [0.2, 0.25) is 0 Å². The van der Waals surface area contributed by atoms with Gasteiger partial charge >= 0.3 is 0 Å². The van der Waals surface area contributed by atoms with E-state index in [-0.39, 0.29) is 17.6 Å². The summed E-state index contributed by atoms with van der Waals surface area (Å²) in [6, 6.07) is 11.8. The molecule has 0 spiro atoms. The van der Waals surface area contributed by atoms with E-state index in [1.54, 1.807) is 24.5 Å². The Morgan fingerprint density at radius 2 is 2.00 bits per heavy atom. The lowest BCUT2D eigenvalue weighted by Crippen LogP contribution is -2.35. The van der Waals surface area contributed by atoms with E-state index in [1.165, 1.54) is 5.56 Å². The lowest BCUT2D eigenvalue weighted by Gasteiger charge is -2.34. The number of pyridine rings is 1. The highest BCUT2D eigenvalue weighted by atomic mass is 16.2. The number of hydrogen-bond donors (Lipinski definition) is 2. The van der Waals surface area contributed by atoms with E-state index in [0.717, 1.165) is 41.8 Å². The molecule has 148 valence electrons. The third-order valence-corrected chi connectivity index (χ3v) is 5.66. The predicted molar refractivity (Wildman–Crippen MR) is 113 cm³/mol. The van der Waals surface area contributed by atoms with Crippen LogP contribution in [0, 0.1) is 0 Å². The molecule has 5 nitrogen and oxygen atoms in total. The summed E-state index contributed by atoms with van der Waals surface area (Å²) < 4.78 is 0. The van der Waals surface area contributed by atoms with Crippen molar-refractivity contribution in [1.82, 2.24) is 10.3 Å². The number of hydrogen-bond acceptors (Lipinski definition) is 4. The van der Waals surface area contributed by atoms with Crippen LogP contribution in [0.5, 0.6) is 0 Å². The highest BCUT2D eigenvalue weighted by Crippen LogP contribution is 2.42. The molecule has 0 radical (unpaired) electrons. The van der Waals surface area contributed by atoms with Crippen LogP contribution < -0.4 is 10.6 Å². The molecule has 1 aliphatic heterocycles. The molecule has 2 N–H and O–H groups in total. The normalized spacial score (nSPS) is 19.0. The van der Waals surface area contributed by atoms with Gasteiger partial charge in [0, 0.05) is 41.1 Å². The number of amides is 1. The predicted octanol–water partition coefficient (Wildman–Crippen LogP) is 4.25. The summed E-state index contributed by atoms with van der Waals surface area (Å²) in [5, 5.41) is 6.29. The van der Waals surface area contributed by atoms with Crippen LogP contribution in [0.3, 0.4) is 0 Å². The fourth-order valence-electron chi connectivity index (χ4n) is 4.20. The molecule has 0 fully saturated rings. The number of nitrogens with one attached hydrogen (secondary N) is 2. The fourth-order valence-corrected chi connectivity index (χ4v) is 4.20. The molecule has 1 aliphatic carbocycles. The van der Waals surface area contributed by atoms with Crippen molar-refractivity contribution in [3.05, 3.63) is 82.5 Å². The van der Waals surface area contributed by atoms with Gasteiger partial charge in [-0.05, 0) is 49.4 Å². The number of ketones is 1. The SMILES string of the molecule is CCc1ccc([C@@H]2C(C(=O)Nc3cccnc3)=C(C)NC3=C2C(=O)CCC3)cc1. The lowest BCUT2D eigenvalue weighted by atomic mass is 9.75. The highest BCUT2D eigenvalue weighted by Gasteiger charge is 2.38. The van der Waals surface area contributed by atoms with Gasteiger partial charge in [0.15, 0.2) is 5.78 Å². The first kappa shape index (κ1) is 19.1. The van der Waals surface area contributed by atoms with Gasteiger partial charge < -0.3 is 10.6 Å². The third-order valence-electron chi connectivity index (χ3n) is 5.66. The van der Waals surface area contributed by atoms with Crippen molar-refractivity contribution >= 4 is 17.4 Å². The number of dihydropyridines is 1. The van der Waals surface area contributed by atoms with Crippen molar-refractivity contribution in [2.45, 2.75) is 45.4 Å². The van der Waals surface area contributed by atoms with Gasteiger partial charge in [0.1, 0.15) is 0 Å². The van der Waals surface area contributed by atoms with Crippen LogP contribution in [-0.4, -0.2) is 16.7 Å². The molecule has 1 amide bonds. The monoisotopic (exact) mass is 387 g/mol. The Kier molecular flexibility index (Phi) is 5.30. The highest BCUT2D eigenvalue weighted by molar-refractivity contribution is 6.09. The number of benzene rings is 1. The molecular weight excluding hydrogens is 362 g/mol. The van der Waals surface area contributed by atoms with Crippen LogP contribution in [0.25, 0.3) is 0 Å². The molecule has 4 rings (SSSR count). The molecule has 29 heavy (non-hydrogen) atoms. The maximum atomic E-state index is 13.3. The maximum Gasteiger partial charge on any atom is 0.254 e. The third kappa shape index (κ3) is 3.73. The summed E-state index contributed by atoms with van der Waals surface area (Å²) in [4.78, 5) is 30.3. The second-order valence-corrected chi connectivity index (χ2v) is 7.56. The van der Waals surface area contributed by atoms with Crippen LogP contribution >= 0.6 is 0 Å². The van der Waals surface area contributed by atoms with Crippen LogP contribution in [0.15, 0.2) is 71.3 Å². The molecular formula is C24H25N3O2. The number of rotatable bonds is 4. The number of carbonyl (C=O) groups is 2. The van der Waals surface area contributed by atoms with E-state index in [0.29, 0.717) is 17.7 Å². The molecule has 0 unspecified atom stereocenters. The van der Waals surface area contributed by atoms with Crippen LogP contribution in [-0.2, 0) is 16.0 Å². The average molecular weight is 387 g/mol. The summed E-state index contributed by atoms with van der Waals surface area (Å²) in [7, 11) is 0. The molecule has 0 saturated heterocycles. The Labute approximate surface area is 170 Å². The Bertz CT molecular complexity index is 1000. The molecule has 5 heteroatoms. The average Bonchev–Trinajstić information content (AvgIpc) is 2.73. The second kappa shape index (κ2) is 8.03. The van der Waals surface area contributed by atoms with Crippen molar-refractivity contribution in [2.24, 2.45) is 0 Å². The fraction of sp³-hybridized carbons (Fsp3) is 0.292. The zero-order valence-corrected chi connectivity index (χ0v) is 16.8. The minimum Gasteiger partial charge on any atom is -0.362 e. The summed E-state index contributed by atoms with van der Waals surface area (Å²) in [5.41, 5.74) is 5.92. The van der Waals surface area contributed by atoms with Gasteiger partial charge in [-0.25, -0.2) is 0 Å². The molecule has 1 atom stereocenters. The Morgan fingerprint density at radius 1 is 1.21 bits per heavy atom. The molecule has 1 aromatic carbocycles. The summed E-state index contributed by atoms with van der Waals surface area (Å²) in [6.07, 6.45) is 6.43. The second-order valence-electron chi connectivity index (χ2n) is 7.56. The van der Waals surface area contributed by atoms with Crippen molar-refractivity contribution in [2.75, 3.05) is 5.32 Å². The number of anilines is 1. The Hall–Kier alpha value is -3.21. The number of nitrogens with zero attached hydrogens (tertiary/aromatic N) is 1. The van der Waals surface area contributed by atoms with Gasteiger partial charge in [-0.2, -0.15) is 0 Å². The van der Waals surface area contributed by atoms with Gasteiger partial charge in [-0.1, -0.05) is 31.2 Å². The number of aryl methyl sites for hydroxylation is 1. The van der Waals surface area contributed by atoms with Crippen LogP contribution in [0.4, 0.5) is 5.69 Å². The molecule has 0 saturated carbocycles. The molecule has 2 aliphatic rings. The van der Waals surface area contributed by atoms with E-state index in [1.807, 2.05) is 19.1 Å².